The molecule has 1 aliphatic heterocycles. The standard InChI is InChI=1S/C13H14FN3/c14-12-4-3-9(6-17-7-10(15)8-17)13-11(12)2-1-5-16-13/h1-5,10H,6-8,15H2. The molecule has 1 aliphatic rings. The van der Waals surface area contributed by atoms with E-state index in [9.17, 15) is 4.39 Å². The van der Waals surface area contributed by atoms with E-state index in [1.165, 1.54) is 6.07 Å². The fraction of sp³-hybridized carbons (Fsp3) is 0.308. The zero-order chi connectivity index (χ0) is 11.8. The Kier molecular flexibility index (Phi) is 2.53. The zero-order valence-electron chi connectivity index (χ0n) is 9.44. The Morgan fingerprint density at radius 3 is 2.94 bits per heavy atom. The summed E-state index contributed by atoms with van der Waals surface area (Å²) in [6.07, 6.45) is 1.70. The van der Waals surface area contributed by atoms with E-state index in [1.54, 1.807) is 18.3 Å². The van der Waals surface area contributed by atoms with Gasteiger partial charge in [0.1, 0.15) is 5.82 Å². The minimum Gasteiger partial charge on any atom is -0.325 e. The van der Waals surface area contributed by atoms with Crippen LogP contribution < -0.4 is 5.73 Å². The van der Waals surface area contributed by atoms with Gasteiger partial charge < -0.3 is 5.73 Å². The lowest BCUT2D eigenvalue weighted by Gasteiger charge is -2.36. The SMILES string of the molecule is NC1CN(Cc2ccc(F)c3cccnc23)C1. The number of likely N-dealkylation sites (tertiary alicyclic amines) is 1. The maximum absolute atomic E-state index is 13.6. The van der Waals surface area contributed by atoms with Crippen molar-refractivity contribution in [2.75, 3.05) is 13.1 Å². The van der Waals surface area contributed by atoms with Crippen LogP contribution >= 0.6 is 0 Å². The van der Waals surface area contributed by atoms with Gasteiger partial charge in [-0.1, -0.05) is 6.07 Å². The van der Waals surface area contributed by atoms with Crippen molar-refractivity contribution in [2.45, 2.75) is 12.6 Å². The summed E-state index contributed by atoms with van der Waals surface area (Å²) in [5, 5.41) is 0.592. The van der Waals surface area contributed by atoms with Gasteiger partial charge in [-0.3, -0.25) is 9.88 Å². The lowest BCUT2D eigenvalue weighted by atomic mass is 10.1. The van der Waals surface area contributed by atoms with E-state index in [-0.39, 0.29) is 11.9 Å². The molecule has 3 rings (SSSR count). The first-order valence-electron chi connectivity index (χ1n) is 5.74. The summed E-state index contributed by atoms with van der Waals surface area (Å²) < 4.78 is 13.6. The van der Waals surface area contributed by atoms with E-state index in [2.05, 4.69) is 9.88 Å². The summed E-state index contributed by atoms with van der Waals surface area (Å²) in [5.41, 5.74) is 7.56. The third kappa shape index (κ3) is 1.90. The molecule has 3 nitrogen and oxygen atoms in total. The summed E-state index contributed by atoms with van der Waals surface area (Å²) >= 11 is 0. The van der Waals surface area contributed by atoms with Crippen LogP contribution in [0.4, 0.5) is 4.39 Å². The molecule has 0 aliphatic carbocycles. The number of benzene rings is 1. The molecule has 1 aromatic heterocycles. The molecule has 0 unspecified atom stereocenters. The van der Waals surface area contributed by atoms with Crippen molar-refractivity contribution in [1.82, 2.24) is 9.88 Å². The predicted molar refractivity (Wildman–Crippen MR) is 65.0 cm³/mol. The van der Waals surface area contributed by atoms with Crippen LogP contribution in [-0.4, -0.2) is 29.0 Å². The Morgan fingerprint density at radius 1 is 1.35 bits per heavy atom. The maximum atomic E-state index is 13.6. The van der Waals surface area contributed by atoms with Crippen LogP contribution in [0.5, 0.6) is 0 Å². The Bertz CT molecular complexity index is 549. The van der Waals surface area contributed by atoms with Gasteiger partial charge in [-0.25, -0.2) is 4.39 Å². The normalized spacial score (nSPS) is 17.3. The molecular formula is C13H14FN3. The summed E-state index contributed by atoms with van der Waals surface area (Å²) in [6, 6.07) is 7.14. The average molecular weight is 231 g/mol. The molecule has 4 heteroatoms. The van der Waals surface area contributed by atoms with Crippen molar-refractivity contribution < 1.29 is 4.39 Å². The molecule has 17 heavy (non-hydrogen) atoms. The number of fused-ring (bicyclic) bond motifs is 1. The molecule has 0 radical (unpaired) electrons. The van der Waals surface area contributed by atoms with E-state index in [0.717, 1.165) is 30.7 Å². The van der Waals surface area contributed by atoms with Crippen LogP contribution in [0.1, 0.15) is 5.56 Å². The van der Waals surface area contributed by atoms with Crippen LogP contribution in [0.3, 0.4) is 0 Å². The molecule has 0 bridgehead atoms. The van der Waals surface area contributed by atoms with Gasteiger partial charge in [0.25, 0.3) is 0 Å². The molecule has 0 atom stereocenters. The van der Waals surface area contributed by atoms with Crippen LogP contribution in [0.2, 0.25) is 0 Å². The summed E-state index contributed by atoms with van der Waals surface area (Å²) in [6.45, 7) is 2.61. The zero-order valence-corrected chi connectivity index (χ0v) is 9.44. The lowest BCUT2D eigenvalue weighted by Crippen LogP contribution is -2.54. The number of halogens is 1. The van der Waals surface area contributed by atoms with Crippen molar-refractivity contribution >= 4 is 10.9 Å². The summed E-state index contributed by atoms with van der Waals surface area (Å²) in [7, 11) is 0. The van der Waals surface area contributed by atoms with E-state index < -0.39 is 0 Å². The fourth-order valence-corrected chi connectivity index (χ4v) is 2.30. The average Bonchev–Trinajstić information content (AvgIpc) is 2.31. The Labute approximate surface area is 99.1 Å². The topological polar surface area (TPSA) is 42.1 Å². The third-order valence-corrected chi connectivity index (χ3v) is 3.18. The minimum absolute atomic E-state index is 0.211. The van der Waals surface area contributed by atoms with Gasteiger partial charge in [0.2, 0.25) is 0 Å². The molecule has 1 saturated heterocycles. The van der Waals surface area contributed by atoms with Crippen LogP contribution in [0.25, 0.3) is 10.9 Å². The smallest absolute Gasteiger partial charge is 0.132 e. The van der Waals surface area contributed by atoms with Gasteiger partial charge in [-0.2, -0.15) is 0 Å². The largest absolute Gasteiger partial charge is 0.325 e. The Morgan fingerprint density at radius 2 is 2.18 bits per heavy atom. The van der Waals surface area contributed by atoms with E-state index in [4.69, 9.17) is 5.73 Å². The van der Waals surface area contributed by atoms with Gasteiger partial charge in [0.05, 0.1) is 5.52 Å². The Hall–Kier alpha value is -1.52. The summed E-state index contributed by atoms with van der Waals surface area (Å²) in [4.78, 5) is 6.52. The van der Waals surface area contributed by atoms with Crippen molar-refractivity contribution in [3.8, 4) is 0 Å². The Balaban J connectivity index is 1.96. The highest BCUT2D eigenvalue weighted by molar-refractivity contribution is 5.82. The monoisotopic (exact) mass is 231 g/mol. The van der Waals surface area contributed by atoms with Gasteiger partial charge >= 0.3 is 0 Å². The first-order chi connectivity index (χ1) is 8.24. The number of hydrogen-bond donors (Lipinski definition) is 1. The molecule has 2 aromatic rings. The van der Waals surface area contributed by atoms with E-state index in [1.807, 2.05) is 6.07 Å². The molecule has 2 heterocycles. The highest BCUT2D eigenvalue weighted by Gasteiger charge is 2.23. The van der Waals surface area contributed by atoms with Gasteiger partial charge in [-0.05, 0) is 23.8 Å². The van der Waals surface area contributed by atoms with Crippen molar-refractivity contribution in [2.24, 2.45) is 5.73 Å². The summed E-state index contributed by atoms with van der Waals surface area (Å²) in [5.74, 6) is -0.211. The number of rotatable bonds is 2. The molecule has 1 fully saturated rings. The van der Waals surface area contributed by atoms with Gasteiger partial charge in [0, 0.05) is 37.3 Å². The molecule has 2 N–H and O–H groups in total. The second-order valence-corrected chi connectivity index (χ2v) is 4.56. The van der Waals surface area contributed by atoms with Crippen LogP contribution in [0.15, 0.2) is 30.5 Å². The van der Waals surface area contributed by atoms with E-state index in [0.29, 0.717) is 5.39 Å². The quantitative estimate of drug-likeness (QED) is 0.852. The molecular weight excluding hydrogens is 217 g/mol. The molecule has 88 valence electrons. The molecule has 1 aromatic carbocycles. The van der Waals surface area contributed by atoms with Crippen molar-refractivity contribution in [1.29, 1.82) is 0 Å². The van der Waals surface area contributed by atoms with E-state index >= 15 is 0 Å². The minimum atomic E-state index is -0.211. The molecule has 0 spiro atoms. The van der Waals surface area contributed by atoms with Crippen LogP contribution in [0, 0.1) is 5.82 Å². The second-order valence-electron chi connectivity index (χ2n) is 4.56. The van der Waals surface area contributed by atoms with Crippen molar-refractivity contribution in [3.05, 3.63) is 41.8 Å². The maximum Gasteiger partial charge on any atom is 0.132 e. The lowest BCUT2D eigenvalue weighted by molar-refractivity contribution is 0.143. The van der Waals surface area contributed by atoms with Crippen LogP contribution in [-0.2, 0) is 6.54 Å². The number of aromatic nitrogens is 1. The number of nitrogens with two attached hydrogens (primary N) is 1. The van der Waals surface area contributed by atoms with Gasteiger partial charge in [0.15, 0.2) is 0 Å². The first-order valence-corrected chi connectivity index (χ1v) is 5.74. The number of hydrogen-bond acceptors (Lipinski definition) is 3. The number of pyridine rings is 1. The second kappa shape index (κ2) is 4.05. The number of nitrogens with zero attached hydrogens (tertiary/aromatic N) is 2. The molecule has 0 saturated carbocycles. The predicted octanol–water partition coefficient (Wildman–Crippen LogP) is 1.52. The van der Waals surface area contributed by atoms with Crippen molar-refractivity contribution in [3.63, 3.8) is 0 Å². The highest BCUT2D eigenvalue weighted by Crippen LogP contribution is 2.22. The molecule has 0 amide bonds. The first kappa shape index (κ1) is 10.6. The fourth-order valence-electron chi connectivity index (χ4n) is 2.30. The highest BCUT2D eigenvalue weighted by atomic mass is 19.1. The van der Waals surface area contributed by atoms with Gasteiger partial charge in [-0.15, -0.1) is 0 Å². The third-order valence-electron chi connectivity index (χ3n) is 3.18.